The SMILES string of the molecule is CCc1ccc(CN(C)C(=O)C[C@H]2CCOC2)nc1. The van der Waals surface area contributed by atoms with E-state index in [2.05, 4.69) is 18.0 Å². The van der Waals surface area contributed by atoms with Crippen molar-refractivity contribution in [3.05, 3.63) is 29.6 Å². The van der Waals surface area contributed by atoms with Gasteiger partial charge in [0.1, 0.15) is 0 Å². The summed E-state index contributed by atoms with van der Waals surface area (Å²) in [5.41, 5.74) is 2.16. The summed E-state index contributed by atoms with van der Waals surface area (Å²) in [5, 5.41) is 0. The van der Waals surface area contributed by atoms with E-state index in [-0.39, 0.29) is 5.91 Å². The van der Waals surface area contributed by atoms with Crippen LogP contribution in [0.15, 0.2) is 18.3 Å². The zero-order chi connectivity index (χ0) is 13.7. The van der Waals surface area contributed by atoms with Crippen LogP contribution in [-0.2, 0) is 22.5 Å². The zero-order valence-electron chi connectivity index (χ0n) is 11.8. The highest BCUT2D eigenvalue weighted by Crippen LogP contribution is 2.17. The number of ether oxygens (including phenoxy) is 1. The van der Waals surface area contributed by atoms with Gasteiger partial charge in [-0.05, 0) is 30.4 Å². The molecule has 1 amide bonds. The van der Waals surface area contributed by atoms with Gasteiger partial charge >= 0.3 is 0 Å². The maximum Gasteiger partial charge on any atom is 0.223 e. The molecule has 1 fully saturated rings. The zero-order valence-corrected chi connectivity index (χ0v) is 11.8. The Bertz CT molecular complexity index is 411. The lowest BCUT2D eigenvalue weighted by molar-refractivity contribution is -0.131. The third kappa shape index (κ3) is 4.03. The lowest BCUT2D eigenvalue weighted by atomic mass is 10.0. The van der Waals surface area contributed by atoms with Gasteiger partial charge in [0.25, 0.3) is 0 Å². The van der Waals surface area contributed by atoms with Crippen molar-refractivity contribution in [2.24, 2.45) is 5.92 Å². The van der Waals surface area contributed by atoms with E-state index in [1.807, 2.05) is 19.3 Å². The molecule has 0 N–H and O–H groups in total. The van der Waals surface area contributed by atoms with Crippen LogP contribution in [0.4, 0.5) is 0 Å². The average Bonchev–Trinajstić information content (AvgIpc) is 2.92. The predicted molar refractivity (Wildman–Crippen MR) is 73.6 cm³/mol. The standard InChI is InChI=1S/C15H22N2O2/c1-3-12-4-5-14(16-9-12)10-17(2)15(18)8-13-6-7-19-11-13/h4-5,9,13H,3,6-8,10-11H2,1-2H3/t13-/m1/s1. The molecule has 0 radical (unpaired) electrons. The maximum atomic E-state index is 12.1. The van der Waals surface area contributed by atoms with E-state index in [0.29, 0.717) is 18.9 Å². The molecule has 1 saturated heterocycles. The second-order valence-electron chi connectivity index (χ2n) is 5.19. The summed E-state index contributed by atoms with van der Waals surface area (Å²) in [6, 6.07) is 4.08. The highest BCUT2D eigenvalue weighted by Gasteiger charge is 2.21. The first kappa shape index (κ1) is 14.0. The number of aromatic nitrogens is 1. The predicted octanol–water partition coefficient (Wildman–Crippen LogP) is 2.03. The van der Waals surface area contributed by atoms with E-state index in [9.17, 15) is 4.79 Å². The Morgan fingerprint density at radius 1 is 1.53 bits per heavy atom. The van der Waals surface area contributed by atoms with E-state index in [0.717, 1.165) is 31.7 Å². The van der Waals surface area contributed by atoms with Crippen LogP contribution in [0.5, 0.6) is 0 Å². The lowest BCUT2D eigenvalue weighted by Crippen LogP contribution is -2.28. The summed E-state index contributed by atoms with van der Waals surface area (Å²) < 4.78 is 5.30. The Balaban J connectivity index is 1.84. The quantitative estimate of drug-likeness (QED) is 0.815. The second kappa shape index (κ2) is 6.66. The Morgan fingerprint density at radius 2 is 2.37 bits per heavy atom. The van der Waals surface area contributed by atoms with Crippen molar-refractivity contribution in [1.29, 1.82) is 0 Å². The molecule has 0 aliphatic carbocycles. The molecule has 0 spiro atoms. The first-order valence-corrected chi connectivity index (χ1v) is 6.94. The van der Waals surface area contributed by atoms with Gasteiger partial charge in [-0.2, -0.15) is 0 Å². The summed E-state index contributed by atoms with van der Waals surface area (Å²) in [4.78, 5) is 18.2. The molecule has 0 saturated carbocycles. The third-order valence-electron chi connectivity index (χ3n) is 3.61. The fourth-order valence-corrected chi connectivity index (χ4v) is 2.24. The number of nitrogens with zero attached hydrogens (tertiary/aromatic N) is 2. The number of hydrogen-bond donors (Lipinski definition) is 0. The van der Waals surface area contributed by atoms with E-state index in [1.165, 1.54) is 5.56 Å². The Labute approximate surface area is 114 Å². The molecule has 4 nitrogen and oxygen atoms in total. The van der Waals surface area contributed by atoms with Crippen LogP contribution in [0.25, 0.3) is 0 Å². The molecular formula is C15H22N2O2. The van der Waals surface area contributed by atoms with Crippen molar-refractivity contribution in [3.8, 4) is 0 Å². The summed E-state index contributed by atoms with van der Waals surface area (Å²) in [6.07, 6.45) is 4.47. The number of aryl methyl sites for hydroxylation is 1. The minimum atomic E-state index is 0.178. The molecular weight excluding hydrogens is 240 g/mol. The molecule has 1 aliphatic heterocycles. The number of pyridine rings is 1. The van der Waals surface area contributed by atoms with Crippen LogP contribution in [0.3, 0.4) is 0 Å². The molecule has 1 aromatic heterocycles. The minimum absolute atomic E-state index is 0.178. The van der Waals surface area contributed by atoms with Gasteiger partial charge in [-0.25, -0.2) is 0 Å². The third-order valence-corrected chi connectivity index (χ3v) is 3.61. The molecule has 0 bridgehead atoms. The van der Waals surface area contributed by atoms with Crippen molar-refractivity contribution in [3.63, 3.8) is 0 Å². The van der Waals surface area contributed by atoms with Crippen molar-refractivity contribution < 1.29 is 9.53 Å². The number of carbonyl (C=O) groups excluding carboxylic acids is 1. The molecule has 1 aliphatic rings. The van der Waals surface area contributed by atoms with E-state index < -0.39 is 0 Å². The van der Waals surface area contributed by atoms with Gasteiger partial charge in [0.05, 0.1) is 12.2 Å². The van der Waals surface area contributed by atoms with Crippen LogP contribution >= 0.6 is 0 Å². The van der Waals surface area contributed by atoms with Gasteiger partial charge in [0.2, 0.25) is 5.91 Å². The summed E-state index contributed by atoms with van der Waals surface area (Å²) in [7, 11) is 1.84. The summed E-state index contributed by atoms with van der Waals surface area (Å²) in [6.45, 7) is 4.21. The van der Waals surface area contributed by atoms with Crippen LogP contribution in [0, 0.1) is 5.92 Å². The van der Waals surface area contributed by atoms with E-state index >= 15 is 0 Å². The molecule has 1 atom stereocenters. The number of carbonyl (C=O) groups is 1. The lowest BCUT2D eigenvalue weighted by Gasteiger charge is -2.18. The van der Waals surface area contributed by atoms with Gasteiger partial charge in [0, 0.05) is 32.9 Å². The largest absolute Gasteiger partial charge is 0.381 e. The average molecular weight is 262 g/mol. The number of amides is 1. The molecule has 4 heteroatoms. The monoisotopic (exact) mass is 262 g/mol. The van der Waals surface area contributed by atoms with Crippen molar-refractivity contribution in [1.82, 2.24) is 9.88 Å². The van der Waals surface area contributed by atoms with Crippen molar-refractivity contribution in [2.75, 3.05) is 20.3 Å². The highest BCUT2D eigenvalue weighted by atomic mass is 16.5. The Morgan fingerprint density at radius 3 is 2.95 bits per heavy atom. The van der Waals surface area contributed by atoms with Crippen molar-refractivity contribution in [2.45, 2.75) is 32.7 Å². The van der Waals surface area contributed by atoms with Gasteiger partial charge in [0.15, 0.2) is 0 Å². The first-order valence-electron chi connectivity index (χ1n) is 6.94. The highest BCUT2D eigenvalue weighted by molar-refractivity contribution is 5.76. The second-order valence-corrected chi connectivity index (χ2v) is 5.19. The van der Waals surface area contributed by atoms with E-state index in [1.54, 1.807) is 4.90 Å². The Kier molecular flexibility index (Phi) is 4.91. The van der Waals surface area contributed by atoms with Gasteiger partial charge < -0.3 is 9.64 Å². The first-order chi connectivity index (χ1) is 9.19. The summed E-state index contributed by atoms with van der Waals surface area (Å²) >= 11 is 0. The molecule has 104 valence electrons. The molecule has 19 heavy (non-hydrogen) atoms. The summed E-state index contributed by atoms with van der Waals surface area (Å²) in [5.74, 6) is 0.572. The fraction of sp³-hybridized carbons (Fsp3) is 0.600. The van der Waals surface area contributed by atoms with Gasteiger partial charge in [-0.15, -0.1) is 0 Å². The van der Waals surface area contributed by atoms with Crippen LogP contribution in [0.2, 0.25) is 0 Å². The fourth-order valence-electron chi connectivity index (χ4n) is 2.24. The van der Waals surface area contributed by atoms with Gasteiger partial charge in [-0.3, -0.25) is 9.78 Å². The molecule has 2 heterocycles. The minimum Gasteiger partial charge on any atom is -0.381 e. The Hall–Kier alpha value is -1.42. The van der Waals surface area contributed by atoms with Crippen LogP contribution < -0.4 is 0 Å². The number of rotatable bonds is 5. The maximum absolute atomic E-state index is 12.1. The topological polar surface area (TPSA) is 42.4 Å². The van der Waals surface area contributed by atoms with Crippen LogP contribution in [0.1, 0.15) is 31.0 Å². The molecule has 0 unspecified atom stereocenters. The molecule has 0 aromatic carbocycles. The van der Waals surface area contributed by atoms with Gasteiger partial charge in [-0.1, -0.05) is 13.0 Å². The normalized spacial score (nSPS) is 18.5. The van der Waals surface area contributed by atoms with Crippen molar-refractivity contribution >= 4 is 5.91 Å². The smallest absolute Gasteiger partial charge is 0.223 e. The van der Waals surface area contributed by atoms with Crippen LogP contribution in [-0.4, -0.2) is 36.1 Å². The molecule has 2 rings (SSSR count). The molecule has 1 aromatic rings. The number of hydrogen-bond acceptors (Lipinski definition) is 3. The van der Waals surface area contributed by atoms with E-state index in [4.69, 9.17) is 4.74 Å².